The van der Waals surface area contributed by atoms with Gasteiger partial charge in [0.25, 0.3) is 5.91 Å². The van der Waals surface area contributed by atoms with E-state index in [0.29, 0.717) is 36.0 Å². The molecule has 9 nitrogen and oxygen atoms in total. The van der Waals surface area contributed by atoms with Gasteiger partial charge in [-0.05, 0) is 67.7 Å². The number of aliphatic hydroxyl groups excluding tert-OH is 1. The molecule has 4 aromatic rings. The van der Waals surface area contributed by atoms with Crippen LogP contribution in [-0.2, 0) is 11.2 Å². The highest BCUT2D eigenvalue weighted by Crippen LogP contribution is 2.35. The largest absolute Gasteiger partial charge is 0.496 e. The van der Waals surface area contributed by atoms with Gasteiger partial charge < -0.3 is 34.0 Å². The molecule has 9 heteroatoms. The lowest BCUT2D eigenvalue weighted by molar-refractivity contribution is -0.0770. The summed E-state index contributed by atoms with van der Waals surface area (Å²) in [6.07, 6.45) is 9.44. The first-order valence-corrected chi connectivity index (χ1v) is 15.5. The predicted octanol–water partition coefficient (Wildman–Crippen LogP) is 6.83. The number of furan rings is 1. The molecule has 1 amide bonds. The van der Waals surface area contributed by atoms with Gasteiger partial charge in [0.1, 0.15) is 23.1 Å². The Labute approximate surface area is 269 Å². The highest BCUT2D eigenvalue weighted by molar-refractivity contribution is 6.04. The van der Waals surface area contributed by atoms with Gasteiger partial charge in [-0.25, -0.2) is 4.98 Å². The lowest BCUT2D eigenvalue weighted by Crippen LogP contribution is -2.36. The smallest absolute Gasteiger partial charge is 0.291 e. The number of hydrogen-bond acceptors (Lipinski definition) is 8. The highest BCUT2D eigenvalue weighted by atomic mass is 16.6. The first-order valence-electron chi connectivity index (χ1n) is 15.5. The van der Waals surface area contributed by atoms with Gasteiger partial charge in [-0.1, -0.05) is 42.5 Å². The molecule has 238 valence electrons. The van der Waals surface area contributed by atoms with E-state index in [2.05, 4.69) is 27.4 Å². The van der Waals surface area contributed by atoms with Crippen molar-refractivity contribution in [2.75, 3.05) is 44.1 Å². The molecule has 1 unspecified atom stereocenters. The Morgan fingerprint density at radius 2 is 1.93 bits per heavy atom. The first kappa shape index (κ1) is 31.1. The van der Waals surface area contributed by atoms with E-state index in [0.717, 1.165) is 71.3 Å². The second kappa shape index (κ2) is 14.1. The second-order valence-corrected chi connectivity index (χ2v) is 11.6. The highest BCUT2D eigenvalue weighted by Gasteiger charge is 2.24. The molecular weight excluding hydrogens is 582 g/mol. The minimum Gasteiger partial charge on any atom is -0.496 e. The van der Waals surface area contributed by atoms with Crippen LogP contribution >= 0.6 is 0 Å². The molecular formula is C37H39N3O6. The Morgan fingerprint density at radius 1 is 1.11 bits per heavy atom. The van der Waals surface area contributed by atoms with E-state index in [4.69, 9.17) is 18.6 Å². The molecule has 0 saturated carbocycles. The molecule has 1 saturated heterocycles. The fraction of sp³-hybridized carbons (Fsp3) is 0.297. The number of benzene rings is 2. The van der Waals surface area contributed by atoms with Gasteiger partial charge in [0.15, 0.2) is 12.1 Å². The van der Waals surface area contributed by atoms with Crippen molar-refractivity contribution in [2.45, 2.75) is 32.5 Å². The third-order valence-electron chi connectivity index (χ3n) is 8.59. The Kier molecular flexibility index (Phi) is 9.51. The second-order valence-electron chi connectivity index (χ2n) is 11.6. The number of methoxy groups -OCH3 is 2. The van der Waals surface area contributed by atoms with Crippen molar-refractivity contribution < 1.29 is 28.5 Å². The number of rotatable bonds is 10. The summed E-state index contributed by atoms with van der Waals surface area (Å²) in [7, 11) is 3.13. The number of piperidine rings is 1. The molecule has 1 aliphatic heterocycles. The molecule has 0 radical (unpaired) electrons. The van der Waals surface area contributed by atoms with Crippen LogP contribution < -0.4 is 19.7 Å². The number of carbonyl (C=O) groups excluding carboxylic acids is 1. The van der Waals surface area contributed by atoms with Gasteiger partial charge in [-0.3, -0.25) is 4.79 Å². The van der Waals surface area contributed by atoms with Crippen molar-refractivity contribution in [3.63, 3.8) is 0 Å². The number of para-hydroxylation sites is 1. The number of aromatic nitrogens is 1. The zero-order valence-corrected chi connectivity index (χ0v) is 26.4. The van der Waals surface area contributed by atoms with Gasteiger partial charge in [-0.15, -0.1) is 0 Å². The molecule has 0 spiro atoms. The molecule has 1 fully saturated rings. The van der Waals surface area contributed by atoms with Crippen LogP contribution in [0.5, 0.6) is 11.5 Å². The van der Waals surface area contributed by atoms with Gasteiger partial charge in [0, 0.05) is 48.9 Å². The summed E-state index contributed by atoms with van der Waals surface area (Å²) in [5.41, 5.74) is 4.96. The molecule has 0 bridgehead atoms. The van der Waals surface area contributed by atoms with Gasteiger partial charge in [-0.2, -0.15) is 0 Å². The van der Waals surface area contributed by atoms with Crippen molar-refractivity contribution in [2.24, 2.45) is 5.92 Å². The number of pyridine rings is 1. The molecule has 1 atom stereocenters. The number of fused-ring (bicyclic) bond motifs is 1. The number of aliphatic hydroxyl groups is 1. The molecule has 46 heavy (non-hydrogen) atoms. The Hall–Kier alpha value is -4.86. The maximum absolute atomic E-state index is 13.3. The Morgan fingerprint density at radius 3 is 2.70 bits per heavy atom. The fourth-order valence-electron chi connectivity index (χ4n) is 5.96. The lowest BCUT2D eigenvalue weighted by atomic mass is 9.98. The summed E-state index contributed by atoms with van der Waals surface area (Å²) >= 11 is 0. The topological polar surface area (TPSA) is 106 Å². The number of nitrogens with zero attached hydrogens (tertiary/aromatic N) is 2. The minimum atomic E-state index is -0.961. The molecule has 2 aromatic heterocycles. The fourth-order valence-corrected chi connectivity index (χ4v) is 5.96. The minimum absolute atomic E-state index is 0.297. The van der Waals surface area contributed by atoms with E-state index in [9.17, 15) is 9.90 Å². The summed E-state index contributed by atoms with van der Waals surface area (Å²) in [6, 6.07) is 19.1. The molecule has 2 aromatic carbocycles. The van der Waals surface area contributed by atoms with Crippen LogP contribution in [0.15, 0.2) is 83.4 Å². The normalized spacial score (nSPS) is 15.5. The number of ether oxygens (including phenoxy) is 3. The third kappa shape index (κ3) is 6.85. The third-order valence-corrected chi connectivity index (χ3v) is 8.59. The number of hydrogen-bond donors (Lipinski definition) is 2. The van der Waals surface area contributed by atoms with Crippen molar-refractivity contribution >= 4 is 29.1 Å². The van der Waals surface area contributed by atoms with Crippen LogP contribution in [0.1, 0.15) is 57.7 Å². The van der Waals surface area contributed by atoms with Gasteiger partial charge in [0.05, 0.1) is 25.6 Å². The van der Waals surface area contributed by atoms with Crippen LogP contribution in [-0.4, -0.2) is 49.9 Å². The van der Waals surface area contributed by atoms with E-state index in [-0.39, 0.29) is 5.91 Å². The summed E-state index contributed by atoms with van der Waals surface area (Å²) in [6.45, 7) is 4.26. The van der Waals surface area contributed by atoms with Crippen molar-refractivity contribution in [3.05, 3.63) is 113 Å². The van der Waals surface area contributed by atoms with Crippen molar-refractivity contribution in [3.8, 4) is 11.5 Å². The van der Waals surface area contributed by atoms with Gasteiger partial charge >= 0.3 is 0 Å². The van der Waals surface area contributed by atoms with Gasteiger partial charge in [0.2, 0.25) is 0 Å². The first-order chi connectivity index (χ1) is 22.4. The zero-order chi connectivity index (χ0) is 32.0. The van der Waals surface area contributed by atoms with E-state index in [1.54, 1.807) is 13.3 Å². The monoisotopic (exact) mass is 621 g/mol. The van der Waals surface area contributed by atoms with Crippen molar-refractivity contribution in [1.82, 2.24) is 4.98 Å². The number of nitrogens with one attached hydrogen (secondary N) is 1. The summed E-state index contributed by atoms with van der Waals surface area (Å²) in [5.74, 6) is 3.56. The number of amides is 1. The molecule has 3 heterocycles. The molecule has 2 aliphatic rings. The maximum Gasteiger partial charge on any atom is 0.291 e. The lowest BCUT2D eigenvalue weighted by Gasteiger charge is -2.32. The van der Waals surface area contributed by atoms with Crippen LogP contribution in [0, 0.1) is 12.8 Å². The van der Waals surface area contributed by atoms with E-state index >= 15 is 0 Å². The standard InChI is InChI=1S/C37H39N3O6/c1-24-31-21-26(30-11-4-5-12-32(30)43-2)8-7-13-33(31)46-35(24)36(41)39-28-14-15-34(38-22-28)40-18-16-25(17-19-40)23-45-29-10-6-9-27(20-29)37(42)44-3/h4-12,14-15,20-22,25,37,42H,13,16-19,23H2,1-3H3,(H,39,41). The summed E-state index contributed by atoms with van der Waals surface area (Å²) in [4.78, 5) is 20.2. The molecule has 6 rings (SSSR count). The number of anilines is 2. The van der Waals surface area contributed by atoms with Crippen molar-refractivity contribution in [1.29, 1.82) is 0 Å². The zero-order valence-electron chi connectivity index (χ0n) is 26.4. The SMILES string of the molecule is COc1ccccc1C1=Cc2c(oc(C(=O)Nc3ccc(N4CCC(COc5cccc(C(O)OC)c5)CC4)nc3)c2C)CC=C1. The van der Waals surface area contributed by atoms with E-state index < -0.39 is 6.29 Å². The maximum atomic E-state index is 13.3. The summed E-state index contributed by atoms with van der Waals surface area (Å²) in [5, 5.41) is 12.9. The van der Waals surface area contributed by atoms with E-state index in [1.807, 2.05) is 73.7 Å². The Bertz CT molecular complexity index is 1730. The summed E-state index contributed by atoms with van der Waals surface area (Å²) < 4.78 is 22.7. The van der Waals surface area contributed by atoms with Crippen LogP contribution in [0.2, 0.25) is 0 Å². The quantitative estimate of drug-likeness (QED) is 0.186. The van der Waals surface area contributed by atoms with Crippen LogP contribution in [0.25, 0.3) is 11.6 Å². The Balaban J connectivity index is 1.05. The van der Waals surface area contributed by atoms with E-state index in [1.165, 1.54) is 7.11 Å². The molecule has 1 aliphatic carbocycles. The average Bonchev–Trinajstić information content (AvgIpc) is 3.26. The average molecular weight is 622 g/mol. The number of carbonyl (C=O) groups is 1. The van der Waals surface area contributed by atoms with Crippen LogP contribution in [0.4, 0.5) is 11.5 Å². The van der Waals surface area contributed by atoms with Crippen LogP contribution in [0.3, 0.4) is 0 Å². The predicted molar refractivity (Wildman–Crippen MR) is 178 cm³/mol. The molecule has 2 N–H and O–H groups in total. The number of allylic oxidation sites excluding steroid dienone is 3.